The van der Waals surface area contributed by atoms with Crippen molar-refractivity contribution in [3.8, 4) is 0 Å². The second kappa shape index (κ2) is 6.20. The van der Waals surface area contributed by atoms with E-state index in [1.54, 1.807) is 0 Å². The van der Waals surface area contributed by atoms with Gasteiger partial charge in [-0.2, -0.15) is 0 Å². The van der Waals surface area contributed by atoms with Gasteiger partial charge in [-0.15, -0.1) is 0 Å². The van der Waals surface area contributed by atoms with Gasteiger partial charge in [0.1, 0.15) is 0 Å². The topological polar surface area (TPSA) is 49.3 Å². The Morgan fingerprint density at radius 1 is 1.37 bits per heavy atom. The first-order chi connectivity index (χ1) is 9.08. The SMILES string of the molecule is Cc1ccc(C)c(CNCC2CCCC2C(=O)O)c1. The molecule has 0 bridgehead atoms. The number of carboxylic acids is 1. The number of carboxylic acid groups (broad SMARTS) is 1. The number of carbonyl (C=O) groups is 1. The molecule has 1 aromatic carbocycles. The second-order valence-electron chi connectivity index (χ2n) is 5.70. The Kier molecular flexibility index (Phi) is 4.59. The van der Waals surface area contributed by atoms with Crippen molar-refractivity contribution in [1.29, 1.82) is 0 Å². The summed E-state index contributed by atoms with van der Waals surface area (Å²) in [5, 5.41) is 12.6. The van der Waals surface area contributed by atoms with Gasteiger partial charge in [0.15, 0.2) is 0 Å². The van der Waals surface area contributed by atoms with E-state index in [9.17, 15) is 4.79 Å². The summed E-state index contributed by atoms with van der Waals surface area (Å²) in [6.45, 7) is 5.85. The maximum absolute atomic E-state index is 11.1. The lowest BCUT2D eigenvalue weighted by atomic mass is 9.96. The molecule has 2 rings (SSSR count). The molecule has 2 unspecified atom stereocenters. The zero-order valence-electron chi connectivity index (χ0n) is 11.8. The molecule has 1 fully saturated rings. The minimum Gasteiger partial charge on any atom is -0.481 e. The molecule has 1 aliphatic rings. The van der Waals surface area contributed by atoms with E-state index in [1.807, 2.05) is 0 Å². The van der Waals surface area contributed by atoms with E-state index in [0.29, 0.717) is 5.92 Å². The predicted octanol–water partition coefficient (Wildman–Crippen LogP) is 2.89. The van der Waals surface area contributed by atoms with E-state index < -0.39 is 5.97 Å². The smallest absolute Gasteiger partial charge is 0.306 e. The standard InChI is InChI=1S/C16H23NO2/c1-11-6-7-12(2)14(8-11)10-17-9-13-4-3-5-15(13)16(18)19/h6-8,13,15,17H,3-5,9-10H2,1-2H3,(H,18,19). The zero-order chi connectivity index (χ0) is 13.8. The van der Waals surface area contributed by atoms with Crippen molar-refractivity contribution in [1.82, 2.24) is 5.32 Å². The van der Waals surface area contributed by atoms with Crippen LogP contribution in [0.4, 0.5) is 0 Å². The van der Waals surface area contributed by atoms with E-state index in [-0.39, 0.29) is 5.92 Å². The van der Waals surface area contributed by atoms with Crippen LogP contribution in [0.3, 0.4) is 0 Å². The summed E-state index contributed by atoms with van der Waals surface area (Å²) >= 11 is 0. The predicted molar refractivity (Wildman–Crippen MR) is 76.1 cm³/mol. The fourth-order valence-corrected chi connectivity index (χ4v) is 2.99. The van der Waals surface area contributed by atoms with Crippen LogP contribution in [0, 0.1) is 25.7 Å². The van der Waals surface area contributed by atoms with Gasteiger partial charge in [0.25, 0.3) is 0 Å². The average Bonchev–Trinajstić information content (AvgIpc) is 2.82. The number of hydrogen-bond acceptors (Lipinski definition) is 2. The van der Waals surface area contributed by atoms with E-state index in [2.05, 4.69) is 37.4 Å². The summed E-state index contributed by atoms with van der Waals surface area (Å²) in [5.41, 5.74) is 3.87. The van der Waals surface area contributed by atoms with Gasteiger partial charge in [-0.1, -0.05) is 30.2 Å². The number of aliphatic carboxylic acids is 1. The lowest BCUT2D eigenvalue weighted by Crippen LogP contribution is -2.28. The van der Waals surface area contributed by atoms with Gasteiger partial charge in [-0.05, 0) is 50.3 Å². The Morgan fingerprint density at radius 3 is 2.89 bits per heavy atom. The molecule has 2 atom stereocenters. The van der Waals surface area contributed by atoms with Gasteiger partial charge in [0.2, 0.25) is 0 Å². The van der Waals surface area contributed by atoms with Crippen LogP contribution in [0.2, 0.25) is 0 Å². The summed E-state index contributed by atoms with van der Waals surface area (Å²) in [6, 6.07) is 6.46. The van der Waals surface area contributed by atoms with Crippen LogP contribution < -0.4 is 5.32 Å². The van der Waals surface area contributed by atoms with Gasteiger partial charge < -0.3 is 10.4 Å². The van der Waals surface area contributed by atoms with Crippen LogP contribution in [-0.4, -0.2) is 17.6 Å². The molecule has 3 heteroatoms. The van der Waals surface area contributed by atoms with E-state index >= 15 is 0 Å². The average molecular weight is 261 g/mol. The summed E-state index contributed by atoms with van der Waals surface area (Å²) in [4.78, 5) is 11.1. The number of benzene rings is 1. The van der Waals surface area contributed by atoms with E-state index in [4.69, 9.17) is 5.11 Å². The first-order valence-electron chi connectivity index (χ1n) is 7.07. The molecule has 19 heavy (non-hydrogen) atoms. The fraction of sp³-hybridized carbons (Fsp3) is 0.562. The van der Waals surface area contributed by atoms with Gasteiger partial charge in [0.05, 0.1) is 5.92 Å². The van der Waals surface area contributed by atoms with Crippen LogP contribution >= 0.6 is 0 Å². The van der Waals surface area contributed by atoms with Gasteiger partial charge in [0, 0.05) is 6.54 Å². The Balaban J connectivity index is 1.86. The van der Waals surface area contributed by atoms with Crippen LogP contribution in [0.15, 0.2) is 18.2 Å². The van der Waals surface area contributed by atoms with Crippen LogP contribution in [0.1, 0.15) is 36.0 Å². The van der Waals surface area contributed by atoms with Crippen LogP contribution in [0.5, 0.6) is 0 Å². The number of hydrogen-bond donors (Lipinski definition) is 2. The van der Waals surface area contributed by atoms with Gasteiger partial charge in [-0.3, -0.25) is 4.79 Å². The molecular weight excluding hydrogens is 238 g/mol. The highest BCUT2D eigenvalue weighted by atomic mass is 16.4. The minimum absolute atomic E-state index is 0.147. The normalized spacial score (nSPS) is 22.6. The first kappa shape index (κ1) is 14.1. The molecular formula is C16H23NO2. The number of aryl methyl sites for hydroxylation is 2. The molecule has 0 heterocycles. The maximum Gasteiger partial charge on any atom is 0.306 e. The lowest BCUT2D eigenvalue weighted by Gasteiger charge is -2.17. The fourth-order valence-electron chi connectivity index (χ4n) is 2.99. The third kappa shape index (κ3) is 3.57. The molecule has 0 saturated heterocycles. The molecule has 1 aromatic rings. The summed E-state index contributed by atoms with van der Waals surface area (Å²) in [5.74, 6) is -0.482. The van der Waals surface area contributed by atoms with Crippen molar-refractivity contribution in [2.24, 2.45) is 11.8 Å². The zero-order valence-corrected chi connectivity index (χ0v) is 11.8. The largest absolute Gasteiger partial charge is 0.481 e. The van der Waals surface area contributed by atoms with Crippen molar-refractivity contribution in [3.63, 3.8) is 0 Å². The Morgan fingerprint density at radius 2 is 2.16 bits per heavy atom. The highest BCUT2D eigenvalue weighted by molar-refractivity contribution is 5.70. The molecule has 1 aliphatic carbocycles. The maximum atomic E-state index is 11.1. The Bertz CT molecular complexity index is 456. The van der Waals surface area contributed by atoms with Crippen LogP contribution in [0.25, 0.3) is 0 Å². The van der Waals surface area contributed by atoms with Gasteiger partial charge >= 0.3 is 5.97 Å². The molecule has 0 spiro atoms. The monoisotopic (exact) mass is 261 g/mol. The third-order valence-electron chi connectivity index (χ3n) is 4.20. The number of nitrogens with one attached hydrogen (secondary N) is 1. The summed E-state index contributed by atoms with van der Waals surface area (Å²) in [7, 11) is 0. The van der Waals surface area contributed by atoms with Gasteiger partial charge in [-0.25, -0.2) is 0 Å². The molecule has 3 nitrogen and oxygen atoms in total. The van der Waals surface area contributed by atoms with Crippen molar-refractivity contribution in [3.05, 3.63) is 34.9 Å². The molecule has 1 saturated carbocycles. The quantitative estimate of drug-likeness (QED) is 0.857. The number of rotatable bonds is 5. The highest BCUT2D eigenvalue weighted by Gasteiger charge is 2.32. The lowest BCUT2D eigenvalue weighted by molar-refractivity contribution is -0.142. The Labute approximate surface area is 115 Å². The van der Waals surface area contributed by atoms with Crippen molar-refractivity contribution >= 4 is 5.97 Å². The van der Waals surface area contributed by atoms with E-state index in [1.165, 1.54) is 16.7 Å². The van der Waals surface area contributed by atoms with E-state index in [0.717, 1.165) is 32.4 Å². The Hall–Kier alpha value is -1.35. The molecule has 104 valence electrons. The molecule has 2 N–H and O–H groups in total. The molecule has 0 radical (unpaired) electrons. The second-order valence-corrected chi connectivity index (χ2v) is 5.70. The molecule has 0 aromatic heterocycles. The van der Waals surface area contributed by atoms with Crippen molar-refractivity contribution in [2.45, 2.75) is 39.7 Å². The minimum atomic E-state index is -0.629. The molecule has 0 amide bonds. The first-order valence-corrected chi connectivity index (χ1v) is 7.07. The summed E-state index contributed by atoms with van der Waals surface area (Å²) in [6.07, 6.45) is 2.93. The third-order valence-corrected chi connectivity index (χ3v) is 4.20. The molecule has 0 aliphatic heterocycles. The van der Waals surface area contributed by atoms with Crippen molar-refractivity contribution in [2.75, 3.05) is 6.54 Å². The highest BCUT2D eigenvalue weighted by Crippen LogP contribution is 2.31. The van der Waals surface area contributed by atoms with Crippen molar-refractivity contribution < 1.29 is 9.90 Å². The summed E-state index contributed by atoms with van der Waals surface area (Å²) < 4.78 is 0. The van der Waals surface area contributed by atoms with Crippen LogP contribution in [-0.2, 0) is 11.3 Å².